The van der Waals surface area contributed by atoms with Crippen molar-refractivity contribution in [1.29, 1.82) is 0 Å². The molecule has 0 radical (unpaired) electrons. The highest BCUT2D eigenvalue weighted by atomic mass is 16.4. The van der Waals surface area contributed by atoms with E-state index in [1.54, 1.807) is 24.3 Å². The largest absolute Gasteiger partial charge is 0.481 e. The number of rotatable bonds is 5. The Morgan fingerprint density at radius 2 is 1.74 bits per heavy atom. The minimum Gasteiger partial charge on any atom is -0.481 e. The molecule has 1 aromatic carbocycles. The second-order valence-electron chi connectivity index (χ2n) is 6.90. The number of nitrogens with two attached hydrogens (primary N) is 2. The Hall–Kier alpha value is -3.10. The van der Waals surface area contributed by atoms with Crippen LogP contribution in [0.2, 0.25) is 0 Å². The van der Waals surface area contributed by atoms with E-state index < -0.39 is 29.9 Å². The van der Waals surface area contributed by atoms with Crippen molar-refractivity contribution in [3.05, 3.63) is 29.8 Å². The van der Waals surface area contributed by atoms with Gasteiger partial charge in [0, 0.05) is 5.69 Å². The molecule has 27 heavy (non-hydrogen) atoms. The lowest BCUT2D eigenvalue weighted by Gasteiger charge is -2.45. The van der Waals surface area contributed by atoms with Crippen molar-refractivity contribution in [3.63, 3.8) is 0 Å². The fourth-order valence-corrected chi connectivity index (χ4v) is 3.87. The molecular formula is C18H23N5O4. The van der Waals surface area contributed by atoms with Crippen LogP contribution < -0.4 is 16.4 Å². The van der Waals surface area contributed by atoms with Crippen molar-refractivity contribution in [2.75, 3.05) is 4.90 Å². The Kier molecular flexibility index (Phi) is 5.02. The third-order valence-electron chi connectivity index (χ3n) is 5.08. The molecule has 144 valence electrons. The monoisotopic (exact) mass is 373 g/mol. The maximum atomic E-state index is 11.4. The minimum atomic E-state index is -1.18. The van der Waals surface area contributed by atoms with E-state index in [4.69, 9.17) is 16.6 Å². The molecule has 0 bridgehead atoms. The van der Waals surface area contributed by atoms with Crippen molar-refractivity contribution in [2.24, 2.45) is 21.5 Å². The highest BCUT2D eigenvalue weighted by Crippen LogP contribution is 2.39. The van der Waals surface area contributed by atoms with E-state index in [0.717, 1.165) is 37.8 Å². The first kappa shape index (κ1) is 18.7. The van der Waals surface area contributed by atoms with Crippen LogP contribution in [-0.4, -0.2) is 39.7 Å². The molecule has 2 aliphatic rings. The second kappa shape index (κ2) is 7.26. The summed E-state index contributed by atoms with van der Waals surface area (Å²) in [5.41, 5.74) is 12.6. The second-order valence-corrected chi connectivity index (χ2v) is 6.90. The van der Waals surface area contributed by atoms with Crippen LogP contribution in [0.25, 0.3) is 0 Å². The van der Waals surface area contributed by atoms with Crippen LogP contribution in [0.15, 0.2) is 34.3 Å². The van der Waals surface area contributed by atoms with Gasteiger partial charge in [0.1, 0.15) is 5.66 Å². The van der Waals surface area contributed by atoms with Crippen LogP contribution in [-0.2, 0) is 9.59 Å². The van der Waals surface area contributed by atoms with E-state index in [1.807, 2.05) is 4.90 Å². The lowest BCUT2D eigenvalue weighted by Crippen LogP contribution is -2.58. The zero-order valence-corrected chi connectivity index (χ0v) is 14.8. The van der Waals surface area contributed by atoms with Crippen molar-refractivity contribution in [3.8, 4) is 0 Å². The number of aliphatic carboxylic acids is 2. The molecular weight excluding hydrogens is 350 g/mol. The van der Waals surface area contributed by atoms with Crippen LogP contribution in [0.4, 0.5) is 5.69 Å². The molecule has 1 aliphatic carbocycles. The first-order valence-electron chi connectivity index (χ1n) is 8.87. The van der Waals surface area contributed by atoms with Crippen LogP contribution in [0, 0.1) is 0 Å². The number of anilines is 1. The van der Waals surface area contributed by atoms with Crippen LogP contribution in [0.1, 0.15) is 50.0 Å². The Morgan fingerprint density at radius 1 is 1.11 bits per heavy atom. The van der Waals surface area contributed by atoms with Crippen LogP contribution in [0.5, 0.6) is 0 Å². The number of aliphatic imine (C=N–C) groups is 2. The summed E-state index contributed by atoms with van der Waals surface area (Å²) in [6.45, 7) is 0. The summed E-state index contributed by atoms with van der Waals surface area (Å²) < 4.78 is 0. The quantitative estimate of drug-likeness (QED) is 0.608. The van der Waals surface area contributed by atoms with Crippen molar-refractivity contribution >= 4 is 29.5 Å². The maximum absolute atomic E-state index is 11.4. The van der Waals surface area contributed by atoms with Gasteiger partial charge in [0.25, 0.3) is 0 Å². The number of guanidine groups is 2. The molecule has 0 amide bonds. The van der Waals surface area contributed by atoms with Crippen molar-refractivity contribution in [1.82, 2.24) is 0 Å². The van der Waals surface area contributed by atoms with Gasteiger partial charge >= 0.3 is 11.9 Å². The molecule has 1 aromatic rings. The van der Waals surface area contributed by atoms with Crippen molar-refractivity contribution < 1.29 is 19.8 Å². The van der Waals surface area contributed by atoms with Crippen LogP contribution >= 0.6 is 0 Å². The first-order valence-corrected chi connectivity index (χ1v) is 8.87. The molecule has 9 nitrogen and oxygen atoms in total. The molecule has 1 atom stereocenters. The van der Waals surface area contributed by atoms with Gasteiger partial charge in [0.15, 0.2) is 0 Å². The van der Waals surface area contributed by atoms with Gasteiger partial charge in [-0.15, -0.1) is 0 Å². The lowest BCUT2D eigenvalue weighted by molar-refractivity contribution is -0.145. The summed E-state index contributed by atoms with van der Waals surface area (Å²) in [5.74, 6) is -3.04. The molecule has 1 spiro atoms. The molecule has 1 unspecified atom stereocenters. The average molecular weight is 373 g/mol. The summed E-state index contributed by atoms with van der Waals surface area (Å²) in [4.78, 5) is 32.9. The van der Waals surface area contributed by atoms with E-state index in [0.29, 0.717) is 5.56 Å². The zero-order chi connectivity index (χ0) is 19.6. The predicted octanol–water partition coefficient (Wildman–Crippen LogP) is 1.44. The first-order chi connectivity index (χ1) is 12.8. The van der Waals surface area contributed by atoms with Gasteiger partial charge < -0.3 is 21.7 Å². The van der Waals surface area contributed by atoms with E-state index in [2.05, 4.69) is 9.98 Å². The Labute approximate surface area is 156 Å². The molecule has 0 aromatic heterocycles. The standard InChI is InChI=1S/C18H23N5O4/c19-16-21-17(20)23(18(22-16)8-2-1-3-9-18)12-6-4-11(5-7-12)13(15(26)27)10-14(24)25/h4-7,13H,1-3,8-10H2,(H,24,25)(H,26,27)(H4,19,20,21,22). The number of nitrogens with zero attached hydrogens (tertiary/aromatic N) is 3. The summed E-state index contributed by atoms with van der Waals surface area (Å²) in [6.07, 6.45) is 4.23. The van der Waals surface area contributed by atoms with Gasteiger partial charge in [-0.2, -0.15) is 4.99 Å². The molecule has 3 rings (SSSR count). The number of carbonyl (C=O) groups is 2. The van der Waals surface area contributed by atoms with Gasteiger partial charge in [-0.3, -0.25) is 14.5 Å². The Bertz CT molecular complexity index is 796. The van der Waals surface area contributed by atoms with E-state index in [9.17, 15) is 14.7 Å². The third kappa shape index (κ3) is 3.71. The molecule has 1 heterocycles. The van der Waals surface area contributed by atoms with Gasteiger partial charge in [-0.05, 0) is 43.4 Å². The van der Waals surface area contributed by atoms with Gasteiger partial charge in [0.2, 0.25) is 11.9 Å². The summed E-state index contributed by atoms with van der Waals surface area (Å²) in [6, 6.07) is 6.68. The van der Waals surface area contributed by atoms with Gasteiger partial charge in [-0.1, -0.05) is 18.6 Å². The molecule has 1 aliphatic heterocycles. The van der Waals surface area contributed by atoms with Gasteiger partial charge in [-0.25, -0.2) is 4.99 Å². The number of carboxylic acids is 2. The third-order valence-corrected chi connectivity index (χ3v) is 5.08. The number of benzene rings is 1. The fourth-order valence-electron chi connectivity index (χ4n) is 3.87. The molecule has 0 saturated heterocycles. The molecule has 1 fully saturated rings. The Balaban J connectivity index is 1.94. The maximum Gasteiger partial charge on any atom is 0.311 e. The SMILES string of the molecule is NC1=NC2(CCCCC2)N(c2ccc(C(CC(=O)O)C(=O)O)cc2)C(N)=N1. The Morgan fingerprint density at radius 3 is 2.30 bits per heavy atom. The number of hydrogen-bond donors (Lipinski definition) is 4. The summed E-state index contributed by atoms with van der Waals surface area (Å²) in [5, 5.41) is 18.3. The summed E-state index contributed by atoms with van der Waals surface area (Å²) >= 11 is 0. The minimum absolute atomic E-state index is 0.162. The summed E-state index contributed by atoms with van der Waals surface area (Å²) in [7, 11) is 0. The topological polar surface area (TPSA) is 155 Å². The lowest BCUT2D eigenvalue weighted by atomic mass is 9.87. The number of carboxylic acid groups (broad SMARTS) is 2. The molecule has 9 heteroatoms. The van der Waals surface area contributed by atoms with Crippen LogP contribution in [0.3, 0.4) is 0 Å². The fraction of sp³-hybridized carbons (Fsp3) is 0.444. The van der Waals surface area contributed by atoms with Crippen molar-refractivity contribution in [2.45, 2.75) is 50.1 Å². The molecule has 6 N–H and O–H groups in total. The van der Waals surface area contributed by atoms with E-state index in [-0.39, 0.29) is 11.9 Å². The van der Waals surface area contributed by atoms with Gasteiger partial charge in [0.05, 0.1) is 12.3 Å². The average Bonchev–Trinajstić information content (AvgIpc) is 2.60. The van der Waals surface area contributed by atoms with E-state index >= 15 is 0 Å². The highest BCUT2D eigenvalue weighted by Gasteiger charge is 2.42. The molecule has 1 saturated carbocycles. The number of hydrogen-bond acceptors (Lipinski definition) is 7. The highest BCUT2D eigenvalue weighted by molar-refractivity contribution is 6.05. The predicted molar refractivity (Wildman–Crippen MR) is 101 cm³/mol. The smallest absolute Gasteiger partial charge is 0.311 e. The normalized spacial score (nSPS) is 19.9. The van der Waals surface area contributed by atoms with E-state index in [1.165, 1.54) is 0 Å². The zero-order valence-electron chi connectivity index (χ0n) is 14.8.